The van der Waals surface area contributed by atoms with E-state index >= 15 is 0 Å². The van der Waals surface area contributed by atoms with Gasteiger partial charge in [-0.2, -0.15) is 4.31 Å². The molecule has 2 aromatic carbocycles. The zero-order valence-corrected chi connectivity index (χ0v) is 27.0. The Morgan fingerprint density at radius 1 is 1.00 bits per heavy atom. The quantitative estimate of drug-likeness (QED) is 0.230. The van der Waals surface area contributed by atoms with Gasteiger partial charge in [-0.3, -0.25) is 9.59 Å². The molecule has 0 unspecified atom stereocenters. The van der Waals surface area contributed by atoms with Crippen LogP contribution in [0.3, 0.4) is 0 Å². The number of rotatable bonds is 9. The SMILES string of the molecule is CC(=O)N1CCc2c(sc(NC(=O)c3ccc(S(=O)(=O)N(CC(C)C)CC(C)C)cc3)c2-c2nc3ccccc3s2)C1. The van der Waals surface area contributed by atoms with Gasteiger partial charge < -0.3 is 10.2 Å². The van der Waals surface area contributed by atoms with Crippen LogP contribution in [-0.4, -0.2) is 54.1 Å². The van der Waals surface area contributed by atoms with Gasteiger partial charge in [-0.25, -0.2) is 13.4 Å². The standard InChI is InChI=1S/C31H36N4O4S3/c1-19(2)16-35(17-20(3)4)42(38,39)23-12-10-22(11-13-23)29(37)33-31-28(30-32-25-8-6-7-9-26(25)40-30)24-14-15-34(21(5)36)18-27(24)41-31/h6-13,19-20H,14-18H2,1-5H3,(H,33,37). The van der Waals surface area contributed by atoms with Gasteiger partial charge in [-0.05, 0) is 60.2 Å². The molecule has 8 nitrogen and oxygen atoms in total. The zero-order valence-electron chi connectivity index (χ0n) is 24.5. The fourth-order valence-corrected chi connectivity index (χ4v) is 9.29. The van der Waals surface area contributed by atoms with Crippen molar-refractivity contribution in [2.45, 2.75) is 52.5 Å². The molecule has 4 aromatic rings. The molecule has 1 N–H and O–H groups in total. The highest BCUT2D eigenvalue weighted by Crippen LogP contribution is 2.45. The second-order valence-corrected chi connectivity index (χ2v) is 15.5. The number of nitrogens with zero attached hydrogens (tertiary/aromatic N) is 3. The third-order valence-electron chi connectivity index (χ3n) is 7.13. The highest BCUT2D eigenvalue weighted by molar-refractivity contribution is 7.89. The van der Waals surface area contributed by atoms with E-state index in [0.29, 0.717) is 43.2 Å². The number of carbonyl (C=O) groups excluding carboxylic acids is 2. The van der Waals surface area contributed by atoms with Crippen LogP contribution in [0.1, 0.15) is 55.4 Å². The number of thiazole rings is 1. The van der Waals surface area contributed by atoms with Crippen LogP contribution in [0.5, 0.6) is 0 Å². The molecule has 0 aliphatic carbocycles. The first-order chi connectivity index (χ1) is 19.9. The third-order valence-corrected chi connectivity index (χ3v) is 11.2. The van der Waals surface area contributed by atoms with E-state index in [-0.39, 0.29) is 28.5 Å². The first-order valence-electron chi connectivity index (χ1n) is 14.1. The Balaban J connectivity index is 1.45. The first kappa shape index (κ1) is 30.3. The van der Waals surface area contributed by atoms with E-state index in [4.69, 9.17) is 4.98 Å². The van der Waals surface area contributed by atoms with Crippen molar-refractivity contribution in [3.8, 4) is 10.6 Å². The van der Waals surface area contributed by atoms with Crippen molar-refractivity contribution >= 4 is 59.7 Å². The average Bonchev–Trinajstić information content (AvgIpc) is 3.52. The summed E-state index contributed by atoms with van der Waals surface area (Å²) in [7, 11) is -3.70. The molecule has 0 spiro atoms. The van der Waals surface area contributed by atoms with E-state index in [1.165, 1.54) is 27.8 Å². The van der Waals surface area contributed by atoms with Crippen molar-refractivity contribution in [1.29, 1.82) is 0 Å². The van der Waals surface area contributed by atoms with Gasteiger partial charge in [0.15, 0.2) is 0 Å². The molecule has 2 amide bonds. The van der Waals surface area contributed by atoms with Gasteiger partial charge in [0.05, 0.1) is 21.7 Å². The predicted molar refractivity (Wildman–Crippen MR) is 171 cm³/mol. The normalized spacial score (nSPS) is 13.8. The van der Waals surface area contributed by atoms with E-state index in [1.54, 1.807) is 30.4 Å². The number of benzene rings is 2. The summed E-state index contributed by atoms with van der Waals surface area (Å²) in [4.78, 5) is 33.5. The fourth-order valence-electron chi connectivity index (χ4n) is 5.15. The second-order valence-electron chi connectivity index (χ2n) is 11.5. The molecule has 2 aromatic heterocycles. The summed E-state index contributed by atoms with van der Waals surface area (Å²) >= 11 is 3.05. The summed E-state index contributed by atoms with van der Waals surface area (Å²) in [5.41, 5.74) is 3.28. The number of anilines is 1. The number of amides is 2. The van der Waals surface area contributed by atoms with Gasteiger partial charge in [-0.15, -0.1) is 22.7 Å². The van der Waals surface area contributed by atoms with E-state index in [1.807, 2.05) is 56.9 Å². The summed E-state index contributed by atoms with van der Waals surface area (Å²) in [6, 6.07) is 14.1. The topological polar surface area (TPSA) is 99.7 Å². The summed E-state index contributed by atoms with van der Waals surface area (Å²) < 4.78 is 29.5. The molecule has 0 saturated carbocycles. The largest absolute Gasteiger partial charge is 0.337 e. The minimum absolute atomic E-state index is 0.0246. The van der Waals surface area contributed by atoms with Crippen molar-refractivity contribution in [2.75, 3.05) is 25.0 Å². The van der Waals surface area contributed by atoms with E-state index < -0.39 is 10.0 Å². The van der Waals surface area contributed by atoms with Crippen LogP contribution in [0, 0.1) is 11.8 Å². The molecule has 0 atom stereocenters. The molecule has 222 valence electrons. The fraction of sp³-hybridized carbons (Fsp3) is 0.387. The van der Waals surface area contributed by atoms with E-state index in [9.17, 15) is 18.0 Å². The lowest BCUT2D eigenvalue weighted by Gasteiger charge is -2.26. The lowest BCUT2D eigenvalue weighted by atomic mass is 10.0. The van der Waals surface area contributed by atoms with Crippen LogP contribution in [0.4, 0.5) is 5.00 Å². The van der Waals surface area contributed by atoms with Crippen LogP contribution < -0.4 is 5.32 Å². The van der Waals surface area contributed by atoms with Gasteiger partial charge >= 0.3 is 0 Å². The molecule has 42 heavy (non-hydrogen) atoms. The van der Waals surface area contributed by atoms with E-state index in [2.05, 4.69) is 5.32 Å². The third kappa shape index (κ3) is 6.29. The minimum atomic E-state index is -3.70. The minimum Gasteiger partial charge on any atom is -0.337 e. The number of aromatic nitrogens is 1. The molecule has 0 bridgehead atoms. The second kappa shape index (κ2) is 12.2. The number of para-hydroxylation sites is 1. The van der Waals surface area contributed by atoms with E-state index in [0.717, 1.165) is 31.2 Å². The maximum absolute atomic E-state index is 13.5. The Bertz CT molecular complexity index is 1680. The first-order valence-corrected chi connectivity index (χ1v) is 17.2. The Kier molecular flexibility index (Phi) is 8.84. The molecule has 0 radical (unpaired) electrons. The van der Waals surface area contributed by atoms with Crippen molar-refractivity contribution < 1.29 is 18.0 Å². The van der Waals surface area contributed by atoms with Gasteiger partial charge in [0, 0.05) is 42.6 Å². The lowest BCUT2D eigenvalue weighted by molar-refractivity contribution is -0.129. The molecular weight excluding hydrogens is 589 g/mol. The maximum Gasteiger partial charge on any atom is 0.256 e. The highest BCUT2D eigenvalue weighted by atomic mass is 32.2. The van der Waals surface area contributed by atoms with Crippen molar-refractivity contribution in [3.63, 3.8) is 0 Å². The Morgan fingerprint density at radius 2 is 1.67 bits per heavy atom. The number of sulfonamides is 1. The predicted octanol–water partition coefficient (Wildman–Crippen LogP) is 6.48. The number of thiophene rings is 1. The molecule has 0 fully saturated rings. The molecule has 11 heteroatoms. The Hall–Kier alpha value is -3.12. The number of hydrogen-bond acceptors (Lipinski definition) is 7. The van der Waals surface area contributed by atoms with Gasteiger partial charge in [0.2, 0.25) is 15.9 Å². The van der Waals surface area contributed by atoms with Crippen LogP contribution >= 0.6 is 22.7 Å². The van der Waals surface area contributed by atoms with Crippen LogP contribution in [-0.2, 0) is 27.8 Å². The maximum atomic E-state index is 13.5. The molecule has 0 saturated heterocycles. The van der Waals surface area contributed by atoms with Gasteiger partial charge in [-0.1, -0.05) is 39.8 Å². The smallest absolute Gasteiger partial charge is 0.256 e. The molecule has 5 rings (SSSR count). The lowest BCUT2D eigenvalue weighted by Crippen LogP contribution is -2.37. The van der Waals surface area contributed by atoms with Crippen molar-refractivity contribution in [1.82, 2.24) is 14.2 Å². The summed E-state index contributed by atoms with van der Waals surface area (Å²) in [5.74, 6) is 0.0702. The molecular formula is C31H36N4O4S3. The molecule has 3 heterocycles. The van der Waals surface area contributed by atoms with Gasteiger partial charge in [0.1, 0.15) is 10.0 Å². The Morgan fingerprint density at radius 3 is 2.29 bits per heavy atom. The van der Waals surface area contributed by atoms with Crippen molar-refractivity contribution in [3.05, 3.63) is 64.5 Å². The highest BCUT2D eigenvalue weighted by Gasteiger charge is 2.29. The summed E-state index contributed by atoms with van der Waals surface area (Å²) in [6.45, 7) is 11.5. The van der Waals surface area contributed by atoms with Gasteiger partial charge in [0.25, 0.3) is 5.91 Å². The van der Waals surface area contributed by atoms with Crippen LogP contribution in [0.15, 0.2) is 53.4 Å². The number of nitrogens with one attached hydrogen (secondary N) is 1. The van der Waals surface area contributed by atoms with Crippen LogP contribution in [0.25, 0.3) is 20.8 Å². The molecule has 1 aliphatic rings. The number of carbonyl (C=O) groups is 2. The monoisotopic (exact) mass is 624 g/mol. The Labute approximate surface area is 255 Å². The number of hydrogen-bond donors (Lipinski definition) is 1. The molecule has 1 aliphatic heterocycles. The summed E-state index contributed by atoms with van der Waals surface area (Å²) in [5, 5.41) is 4.60. The van der Waals surface area contributed by atoms with Crippen molar-refractivity contribution in [2.24, 2.45) is 11.8 Å². The summed E-state index contributed by atoms with van der Waals surface area (Å²) in [6.07, 6.45) is 0.683. The van der Waals surface area contributed by atoms with Crippen LogP contribution in [0.2, 0.25) is 0 Å². The zero-order chi connectivity index (χ0) is 30.2. The number of fused-ring (bicyclic) bond motifs is 2. The average molecular weight is 625 g/mol.